The Balaban J connectivity index is 1.89. The molecule has 4 heteroatoms. The zero-order chi connectivity index (χ0) is 14.5. The zero-order valence-electron chi connectivity index (χ0n) is 11.9. The van der Waals surface area contributed by atoms with Crippen LogP contribution in [0.3, 0.4) is 0 Å². The molecule has 110 valence electrons. The van der Waals surface area contributed by atoms with Gasteiger partial charge in [0, 0.05) is 12.0 Å². The molecule has 1 aliphatic carbocycles. The Morgan fingerprint density at radius 2 is 2.30 bits per heavy atom. The highest BCUT2D eigenvalue weighted by molar-refractivity contribution is 5.79. The molecular formula is C16H23FN2O. The molecule has 20 heavy (non-hydrogen) atoms. The van der Waals surface area contributed by atoms with E-state index in [1.165, 1.54) is 12.1 Å². The molecule has 3 unspecified atom stereocenters. The summed E-state index contributed by atoms with van der Waals surface area (Å²) in [6, 6.07) is 6.64. The van der Waals surface area contributed by atoms with E-state index in [-0.39, 0.29) is 23.7 Å². The molecule has 0 aromatic heterocycles. The molecule has 0 spiro atoms. The smallest absolute Gasteiger partial charge is 0.223 e. The van der Waals surface area contributed by atoms with E-state index < -0.39 is 0 Å². The van der Waals surface area contributed by atoms with Crippen LogP contribution in [0.5, 0.6) is 0 Å². The highest BCUT2D eigenvalue weighted by Crippen LogP contribution is 2.25. The summed E-state index contributed by atoms with van der Waals surface area (Å²) >= 11 is 0. The van der Waals surface area contributed by atoms with E-state index in [0.29, 0.717) is 18.9 Å². The van der Waals surface area contributed by atoms with Crippen LogP contribution < -0.4 is 11.1 Å². The third-order valence-corrected chi connectivity index (χ3v) is 4.17. The third kappa shape index (κ3) is 3.79. The largest absolute Gasteiger partial charge is 0.353 e. The van der Waals surface area contributed by atoms with Crippen LogP contribution in [0.25, 0.3) is 0 Å². The summed E-state index contributed by atoms with van der Waals surface area (Å²) in [5.41, 5.74) is 6.58. The lowest BCUT2D eigenvalue weighted by atomic mass is 9.98. The van der Waals surface area contributed by atoms with Crippen LogP contribution in [0, 0.1) is 17.7 Å². The first kappa shape index (κ1) is 15.0. The molecule has 2 rings (SSSR count). The van der Waals surface area contributed by atoms with Gasteiger partial charge in [-0.25, -0.2) is 4.39 Å². The van der Waals surface area contributed by atoms with E-state index in [1.54, 1.807) is 6.07 Å². The van der Waals surface area contributed by atoms with E-state index in [2.05, 4.69) is 5.32 Å². The van der Waals surface area contributed by atoms with E-state index in [9.17, 15) is 9.18 Å². The van der Waals surface area contributed by atoms with Crippen molar-refractivity contribution in [3.8, 4) is 0 Å². The van der Waals surface area contributed by atoms with Crippen molar-refractivity contribution in [3.63, 3.8) is 0 Å². The van der Waals surface area contributed by atoms with Crippen molar-refractivity contribution >= 4 is 5.91 Å². The lowest BCUT2D eigenvalue weighted by molar-refractivity contribution is -0.125. The molecule has 1 aromatic carbocycles. The maximum atomic E-state index is 13.1. The summed E-state index contributed by atoms with van der Waals surface area (Å²) < 4.78 is 13.1. The number of nitrogens with one attached hydrogen (secondary N) is 1. The van der Waals surface area contributed by atoms with Gasteiger partial charge in [0.1, 0.15) is 5.82 Å². The van der Waals surface area contributed by atoms with Gasteiger partial charge in [-0.15, -0.1) is 0 Å². The highest BCUT2D eigenvalue weighted by atomic mass is 19.1. The van der Waals surface area contributed by atoms with Gasteiger partial charge in [-0.2, -0.15) is 0 Å². The first-order valence-corrected chi connectivity index (χ1v) is 7.35. The average Bonchev–Trinajstić information content (AvgIpc) is 2.85. The van der Waals surface area contributed by atoms with Gasteiger partial charge >= 0.3 is 0 Å². The number of rotatable bonds is 5. The normalized spacial score (nSPS) is 23.6. The van der Waals surface area contributed by atoms with Crippen LogP contribution >= 0.6 is 0 Å². The maximum absolute atomic E-state index is 13.1. The predicted molar refractivity (Wildman–Crippen MR) is 77.6 cm³/mol. The fourth-order valence-electron chi connectivity index (χ4n) is 2.94. The van der Waals surface area contributed by atoms with Gasteiger partial charge in [0.05, 0.1) is 0 Å². The molecule has 0 bridgehead atoms. The summed E-state index contributed by atoms with van der Waals surface area (Å²) in [7, 11) is 0. The summed E-state index contributed by atoms with van der Waals surface area (Å²) in [5.74, 6) is 0.0323. The molecule has 0 heterocycles. The van der Waals surface area contributed by atoms with Crippen molar-refractivity contribution in [1.82, 2.24) is 5.32 Å². The van der Waals surface area contributed by atoms with Crippen LogP contribution in [0.2, 0.25) is 0 Å². The Morgan fingerprint density at radius 3 is 3.00 bits per heavy atom. The van der Waals surface area contributed by atoms with Crippen molar-refractivity contribution in [2.75, 3.05) is 6.54 Å². The Kier molecular flexibility index (Phi) is 5.12. The summed E-state index contributed by atoms with van der Waals surface area (Å²) in [5, 5.41) is 3.10. The Bertz CT molecular complexity index is 464. The molecule has 1 saturated carbocycles. The number of halogens is 1. The Hall–Kier alpha value is -1.42. The second-order valence-electron chi connectivity index (χ2n) is 5.78. The molecule has 3 N–H and O–H groups in total. The van der Waals surface area contributed by atoms with Crippen LogP contribution in [0.4, 0.5) is 4.39 Å². The first-order chi connectivity index (χ1) is 9.60. The van der Waals surface area contributed by atoms with Gasteiger partial charge < -0.3 is 11.1 Å². The minimum absolute atomic E-state index is 0.0413. The lowest BCUT2D eigenvalue weighted by Crippen LogP contribution is -2.42. The quantitative estimate of drug-likeness (QED) is 0.868. The topological polar surface area (TPSA) is 55.1 Å². The number of carbonyl (C=O) groups is 1. The standard InChI is InChI=1S/C16H23FN2O/c1-11(8-12-4-2-6-14(17)9-12)16(20)19-15-7-3-5-13(15)10-18/h2,4,6,9,11,13,15H,3,5,7-8,10,18H2,1H3,(H,19,20). The summed E-state index contributed by atoms with van der Waals surface area (Å²) in [6.45, 7) is 2.51. The Labute approximate surface area is 119 Å². The molecule has 1 aliphatic rings. The molecular weight excluding hydrogens is 255 g/mol. The second kappa shape index (κ2) is 6.84. The molecule has 3 atom stereocenters. The number of nitrogens with two attached hydrogens (primary N) is 1. The predicted octanol–water partition coefficient (Wildman–Crippen LogP) is 2.25. The van der Waals surface area contributed by atoms with Crippen molar-refractivity contribution in [2.24, 2.45) is 17.6 Å². The van der Waals surface area contributed by atoms with Gasteiger partial charge in [-0.05, 0) is 49.4 Å². The molecule has 1 aromatic rings. The number of hydrogen-bond acceptors (Lipinski definition) is 2. The molecule has 0 saturated heterocycles. The number of amides is 1. The molecule has 0 radical (unpaired) electrons. The van der Waals surface area contributed by atoms with E-state index in [0.717, 1.165) is 24.8 Å². The minimum atomic E-state index is -0.255. The minimum Gasteiger partial charge on any atom is -0.353 e. The summed E-state index contributed by atoms with van der Waals surface area (Å²) in [4.78, 5) is 12.2. The maximum Gasteiger partial charge on any atom is 0.223 e. The van der Waals surface area contributed by atoms with Gasteiger partial charge in [0.25, 0.3) is 0 Å². The van der Waals surface area contributed by atoms with Crippen molar-refractivity contribution < 1.29 is 9.18 Å². The molecule has 0 aliphatic heterocycles. The van der Waals surface area contributed by atoms with Crippen LogP contribution in [0.1, 0.15) is 31.7 Å². The van der Waals surface area contributed by atoms with Crippen LogP contribution in [-0.2, 0) is 11.2 Å². The third-order valence-electron chi connectivity index (χ3n) is 4.17. The molecule has 1 amide bonds. The van der Waals surface area contributed by atoms with Crippen molar-refractivity contribution in [1.29, 1.82) is 0 Å². The SMILES string of the molecule is CC(Cc1cccc(F)c1)C(=O)NC1CCCC1CN. The molecule has 1 fully saturated rings. The monoisotopic (exact) mass is 278 g/mol. The fourth-order valence-corrected chi connectivity index (χ4v) is 2.94. The zero-order valence-corrected chi connectivity index (χ0v) is 11.9. The van der Waals surface area contributed by atoms with Gasteiger partial charge in [-0.1, -0.05) is 25.5 Å². The Morgan fingerprint density at radius 1 is 1.50 bits per heavy atom. The number of hydrogen-bond donors (Lipinski definition) is 2. The number of benzene rings is 1. The fraction of sp³-hybridized carbons (Fsp3) is 0.562. The van der Waals surface area contributed by atoms with Crippen LogP contribution in [0.15, 0.2) is 24.3 Å². The van der Waals surface area contributed by atoms with Gasteiger partial charge in [0.15, 0.2) is 0 Å². The second-order valence-corrected chi connectivity index (χ2v) is 5.78. The van der Waals surface area contributed by atoms with Crippen molar-refractivity contribution in [3.05, 3.63) is 35.6 Å². The number of carbonyl (C=O) groups excluding carboxylic acids is 1. The van der Waals surface area contributed by atoms with E-state index in [1.807, 2.05) is 13.0 Å². The van der Waals surface area contributed by atoms with E-state index in [4.69, 9.17) is 5.73 Å². The van der Waals surface area contributed by atoms with E-state index >= 15 is 0 Å². The summed E-state index contributed by atoms with van der Waals surface area (Å²) in [6.07, 6.45) is 3.80. The first-order valence-electron chi connectivity index (χ1n) is 7.35. The molecule has 3 nitrogen and oxygen atoms in total. The van der Waals surface area contributed by atoms with Crippen LogP contribution in [-0.4, -0.2) is 18.5 Å². The highest BCUT2D eigenvalue weighted by Gasteiger charge is 2.28. The van der Waals surface area contributed by atoms with Gasteiger partial charge in [0.2, 0.25) is 5.91 Å². The van der Waals surface area contributed by atoms with Gasteiger partial charge in [-0.3, -0.25) is 4.79 Å². The lowest BCUT2D eigenvalue weighted by Gasteiger charge is -2.22. The average molecular weight is 278 g/mol. The van der Waals surface area contributed by atoms with Crippen molar-refractivity contribution in [2.45, 2.75) is 38.6 Å².